The smallest absolute Gasteiger partial charge is 0.170 e. The molecule has 0 bridgehead atoms. The molecule has 0 saturated carbocycles. The summed E-state index contributed by atoms with van der Waals surface area (Å²) in [6.45, 7) is 3.25. The maximum atomic E-state index is 14.5. The first-order valence-corrected chi connectivity index (χ1v) is 8.83. The van der Waals surface area contributed by atoms with E-state index in [1.54, 1.807) is 18.2 Å². The molecule has 1 aromatic carbocycles. The van der Waals surface area contributed by atoms with Gasteiger partial charge in [-0.05, 0) is 37.0 Å². The van der Waals surface area contributed by atoms with Crippen molar-refractivity contribution in [1.82, 2.24) is 9.97 Å². The van der Waals surface area contributed by atoms with Gasteiger partial charge in [0.15, 0.2) is 17.5 Å². The fraction of sp³-hybridized carbons (Fsp3) is 0.474. The van der Waals surface area contributed by atoms with Crippen LogP contribution in [0.15, 0.2) is 24.4 Å². The second kappa shape index (κ2) is 7.87. The van der Waals surface area contributed by atoms with E-state index < -0.39 is 11.6 Å². The summed E-state index contributed by atoms with van der Waals surface area (Å²) in [5.74, 6) is -0.921. The predicted molar refractivity (Wildman–Crippen MR) is 93.4 cm³/mol. The molecule has 1 aliphatic rings. The molecule has 25 heavy (non-hydrogen) atoms. The van der Waals surface area contributed by atoms with Crippen molar-refractivity contribution in [2.45, 2.75) is 45.1 Å². The predicted octanol–water partition coefficient (Wildman–Crippen LogP) is 3.73. The van der Waals surface area contributed by atoms with Crippen molar-refractivity contribution in [1.29, 1.82) is 0 Å². The zero-order chi connectivity index (χ0) is 17.8. The molecule has 0 spiro atoms. The van der Waals surface area contributed by atoms with E-state index in [1.165, 1.54) is 6.20 Å². The molecular weight excluding hydrogens is 324 g/mol. The highest BCUT2D eigenvalue weighted by molar-refractivity contribution is 5.59. The van der Waals surface area contributed by atoms with Crippen LogP contribution < -0.4 is 4.90 Å². The number of aryl methyl sites for hydroxylation is 1. The lowest BCUT2D eigenvalue weighted by molar-refractivity contribution is 0.198. The fourth-order valence-corrected chi connectivity index (χ4v) is 3.13. The molecule has 0 radical (unpaired) electrons. The number of aliphatic hydroxyl groups excluding tert-OH is 1. The minimum atomic E-state index is -0.896. The van der Waals surface area contributed by atoms with Crippen molar-refractivity contribution in [2.75, 3.05) is 18.0 Å². The van der Waals surface area contributed by atoms with Gasteiger partial charge in [-0.1, -0.05) is 25.8 Å². The van der Waals surface area contributed by atoms with Crippen molar-refractivity contribution in [3.8, 4) is 11.4 Å². The van der Waals surface area contributed by atoms with Crippen LogP contribution in [-0.4, -0.2) is 34.3 Å². The summed E-state index contributed by atoms with van der Waals surface area (Å²) in [5, 5.41) is 9.65. The summed E-state index contributed by atoms with van der Waals surface area (Å²) >= 11 is 0. The topological polar surface area (TPSA) is 49.2 Å². The Kier molecular flexibility index (Phi) is 5.58. The first kappa shape index (κ1) is 17.7. The average Bonchev–Trinajstić information content (AvgIpc) is 3.05. The third-order valence-electron chi connectivity index (χ3n) is 4.58. The third-order valence-corrected chi connectivity index (χ3v) is 4.58. The summed E-state index contributed by atoms with van der Waals surface area (Å²) in [4.78, 5) is 10.4. The molecule has 6 heteroatoms. The third kappa shape index (κ3) is 3.95. The Labute approximate surface area is 146 Å². The standard InChI is InChI=1S/C19H23F2N3O/c1-2-3-4-5-13-6-7-15(18(21)17(13)20)19-22-10-8-16(23-19)24-11-9-14(25)12-24/h6-8,10,14,25H,2-5,9,11-12H2,1H3/t14-/m1/s1. The highest BCUT2D eigenvalue weighted by Crippen LogP contribution is 2.27. The van der Waals surface area contributed by atoms with Crippen LogP contribution in [0.5, 0.6) is 0 Å². The summed E-state index contributed by atoms with van der Waals surface area (Å²) in [5.41, 5.74) is 0.465. The van der Waals surface area contributed by atoms with Crippen LogP contribution in [0.4, 0.5) is 14.6 Å². The number of aliphatic hydroxyl groups is 1. The van der Waals surface area contributed by atoms with Crippen LogP contribution in [0.2, 0.25) is 0 Å². The monoisotopic (exact) mass is 347 g/mol. The Balaban J connectivity index is 1.85. The Hall–Kier alpha value is -2.08. The molecule has 1 N–H and O–H groups in total. The van der Waals surface area contributed by atoms with E-state index in [9.17, 15) is 13.9 Å². The molecule has 134 valence electrons. The number of hydrogen-bond donors (Lipinski definition) is 1. The Morgan fingerprint density at radius 3 is 2.76 bits per heavy atom. The maximum Gasteiger partial charge on any atom is 0.170 e. The minimum Gasteiger partial charge on any atom is -0.391 e. The van der Waals surface area contributed by atoms with E-state index >= 15 is 0 Å². The van der Waals surface area contributed by atoms with Crippen molar-refractivity contribution < 1.29 is 13.9 Å². The number of benzene rings is 1. The van der Waals surface area contributed by atoms with Gasteiger partial charge >= 0.3 is 0 Å². The van der Waals surface area contributed by atoms with Crippen LogP contribution >= 0.6 is 0 Å². The molecule has 1 atom stereocenters. The van der Waals surface area contributed by atoms with Gasteiger partial charge in [-0.15, -0.1) is 0 Å². The van der Waals surface area contributed by atoms with E-state index in [2.05, 4.69) is 16.9 Å². The van der Waals surface area contributed by atoms with Gasteiger partial charge in [0.2, 0.25) is 0 Å². The molecule has 1 aliphatic heterocycles. The first-order chi connectivity index (χ1) is 12.1. The molecule has 1 aromatic heterocycles. The second-order valence-corrected chi connectivity index (χ2v) is 6.48. The van der Waals surface area contributed by atoms with Crippen LogP contribution in [0.25, 0.3) is 11.4 Å². The van der Waals surface area contributed by atoms with Crippen molar-refractivity contribution in [3.63, 3.8) is 0 Å². The zero-order valence-corrected chi connectivity index (χ0v) is 14.4. The van der Waals surface area contributed by atoms with Crippen LogP contribution in [-0.2, 0) is 6.42 Å². The minimum absolute atomic E-state index is 0.0679. The molecule has 0 amide bonds. The van der Waals surface area contributed by atoms with Gasteiger partial charge in [-0.25, -0.2) is 18.7 Å². The normalized spacial score (nSPS) is 17.3. The number of nitrogens with zero attached hydrogens (tertiary/aromatic N) is 3. The highest BCUT2D eigenvalue weighted by atomic mass is 19.2. The van der Waals surface area contributed by atoms with Gasteiger partial charge in [0.1, 0.15) is 5.82 Å². The largest absolute Gasteiger partial charge is 0.391 e. The van der Waals surface area contributed by atoms with Crippen LogP contribution in [0.1, 0.15) is 38.2 Å². The Morgan fingerprint density at radius 2 is 2.04 bits per heavy atom. The summed E-state index contributed by atoms with van der Waals surface area (Å²) < 4.78 is 28.9. The van der Waals surface area contributed by atoms with Gasteiger partial charge < -0.3 is 10.0 Å². The van der Waals surface area contributed by atoms with Gasteiger partial charge in [-0.2, -0.15) is 0 Å². The lowest BCUT2D eigenvalue weighted by Crippen LogP contribution is -2.22. The van der Waals surface area contributed by atoms with Crippen LogP contribution in [0.3, 0.4) is 0 Å². The quantitative estimate of drug-likeness (QED) is 0.809. The second-order valence-electron chi connectivity index (χ2n) is 6.48. The molecular formula is C19H23F2N3O. The van der Waals surface area contributed by atoms with Gasteiger partial charge in [-0.3, -0.25) is 0 Å². The molecule has 1 saturated heterocycles. The Morgan fingerprint density at radius 1 is 1.20 bits per heavy atom. The average molecular weight is 347 g/mol. The van der Waals surface area contributed by atoms with Crippen LogP contribution in [0, 0.1) is 11.6 Å². The van der Waals surface area contributed by atoms with Crippen molar-refractivity contribution in [2.24, 2.45) is 0 Å². The zero-order valence-electron chi connectivity index (χ0n) is 14.4. The summed E-state index contributed by atoms with van der Waals surface area (Å²) in [7, 11) is 0. The van der Waals surface area contributed by atoms with Gasteiger partial charge in [0.25, 0.3) is 0 Å². The summed E-state index contributed by atoms with van der Waals surface area (Å²) in [6, 6.07) is 4.89. The molecule has 3 rings (SSSR count). The van der Waals surface area contributed by atoms with Gasteiger partial charge in [0.05, 0.1) is 11.7 Å². The van der Waals surface area contributed by atoms with Gasteiger partial charge in [0, 0.05) is 19.3 Å². The fourth-order valence-electron chi connectivity index (χ4n) is 3.13. The summed E-state index contributed by atoms with van der Waals surface area (Å²) in [6.07, 6.45) is 5.24. The molecule has 2 aromatic rings. The van der Waals surface area contributed by atoms with E-state index in [0.717, 1.165) is 19.3 Å². The number of anilines is 1. The molecule has 2 heterocycles. The number of hydrogen-bond acceptors (Lipinski definition) is 4. The first-order valence-electron chi connectivity index (χ1n) is 8.83. The van der Waals surface area contributed by atoms with E-state index in [0.29, 0.717) is 37.3 Å². The van der Waals surface area contributed by atoms with Crippen molar-refractivity contribution >= 4 is 5.82 Å². The molecule has 1 fully saturated rings. The number of rotatable bonds is 6. The number of halogens is 2. The lowest BCUT2D eigenvalue weighted by atomic mass is 10.0. The van der Waals surface area contributed by atoms with Crippen molar-refractivity contribution in [3.05, 3.63) is 41.6 Å². The molecule has 4 nitrogen and oxygen atoms in total. The Bertz CT molecular complexity index is 739. The maximum absolute atomic E-state index is 14.5. The SMILES string of the molecule is CCCCCc1ccc(-c2nccc(N3CC[C@@H](O)C3)n2)c(F)c1F. The highest BCUT2D eigenvalue weighted by Gasteiger charge is 2.22. The van der Waals surface area contributed by atoms with E-state index in [4.69, 9.17) is 0 Å². The number of unbranched alkanes of at least 4 members (excludes halogenated alkanes) is 2. The number of aromatic nitrogens is 2. The molecule has 0 unspecified atom stereocenters. The number of β-amino-alcohol motifs (C(OH)–C–C–N with tert-alkyl or cyclic N) is 1. The van der Waals surface area contributed by atoms with E-state index in [-0.39, 0.29) is 17.5 Å². The molecule has 0 aliphatic carbocycles. The lowest BCUT2D eigenvalue weighted by Gasteiger charge is -2.17. The van der Waals surface area contributed by atoms with E-state index in [1.807, 2.05) is 4.90 Å².